The molecule has 1 heterocycles. The number of non-ortho nitro benzene ring substituents is 1. The van der Waals surface area contributed by atoms with E-state index in [1.165, 1.54) is 25.3 Å². The number of rotatable bonds is 7. The minimum absolute atomic E-state index is 0.0323. The Hall–Kier alpha value is -3.31. The zero-order valence-electron chi connectivity index (χ0n) is 14.0. The number of nitrogens with one attached hydrogen (secondary N) is 1. The van der Waals surface area contributed by atoms with Gasteiger partial charge in [0.2, 0.25) is 15.9 Å². The molecule has 0 aliphatic rings. The maximum absolute atomic E-state index is 12.3. The summed E-state index contributed by atoms with van der Waals surface area (Å²) < 4.78 is 37.6. The molecule has 10 nitrogen and oxygen atoms in total. The maximum atomic E-state index is 12.3. The average Bonchev–Trinajstić information content (AvgIpc) is 3.15. The number of benzene rings is 2. The molecule has 0 aliphatic heterocycles. The highest BCUT2D eigenvalue weighted by atomic mass is 32.2. The Morgan fingerprint density at radius 3 is 2.70 bits per heavy atom. The van der Waals surface area contributed by atoms with Gasteiger partial charge >= 0.3 is 0 Å². The number of ether oxygens (including phenoxy) is 1. The molecule has 27 heavy (non-hydrogen) atoms. The molecule has 0 aliphatic carbocycles. The van der Waals surface area contributed by atoms with Crippen LogP contribution in [0.1, 0.15) is 5.89 Å². The van der Waals surface area contributed by atoms with Gasteiger partial charge in [0.25, 0.3) is 11.6 Å². The molecular formula is C16H14N4O6S. The van der Waals surface area contributed by atoms with Crippen molar-refractivity contribution in [1.82, 2.24) is 14.9 Å². The standard InChI is InChI=1S/C16H14N4O6S/c1-25-14-8-3-2-7-13(14)16-19-18-15(26-16)10-17-27(23,24)12-6-4-5-11(9-12)20(21)22/h2-9,17H,10H2,1H3. The van der Waals surface area contributed by atoms with Gasteiger partial charge in [-0.1, -0.05) is 18.2 Å². The van der Waals surface area contributed by atoms with Crippen LogP contribution in [-0.2, 0) is 16.6 Å². The second kappa shape index (κ2) is 7.51. The van der Waals surface area contributed by atoms with Crippen molar-refractivity contribution in [2.75, 3.05) is 7.11 Å². The van der Waals surface area contributed by atoms with Crippen molar-refractivity contribution in [2.24, 2.45) is 0 Å². The first-order valence-electron chi connectivity index (χ1n) is 7.60. The van der Waals surface area contributed by atoms with E-state index in [0.717, 1.165) is 6.07 Å². The normalized spacial score (nSPS) is 11.3. The van der Waals surface area contributed by atoms with Gasteiger partial charge in [0.05, 0.1) is 29.0 Å². The molecule has 1 N–H and O–H groups in total. The fourth-order valence-electron chi connectivity index (χ4n) is 2.26. The summed E-state index contributed by atoms with van der Waals surface area (Å²) in [4.78, 5) is 9.89. The van der Waals surface area contributed by atoms with Crippen LogP contribution in [0.3, 0.4) is 0 Å². The number of aromatic nitrogens is 2. The summed E-state index contributed by atoms with van der Waals surface area (Å²) in [5.41, 5.74) is 0.245. The number of nitrogens with zero attached hydrogens (tertiary/aromatic N) is 3. The quantitative estimate of drug-likeness (QED) is 0.478. The van der Waals surface area contributed by atoms with Crippen molar-refractivity contribution in [1.29, 1.82) is 0 Å². The monoisotopic (exact) mass is 390 g/mol. The first-order valence-corrected chi connectivity index (χ1v) is 9.09. The molecule has 0 atom stereocenters. The smallest absolute Gasteiger partial charge is 0.270 e. The van der Waals surface area contributed by atoms with Gasteiger partial charge in [0.1, 0.15) is 5.75 Å². The van der Waals surface area contributed by atoms with Gasteiger partial charge in [0.15, 0.2) is 0 Å². The molecule has 0 saturated heterocycles. The molecule has 1 aromatic heterocycles. The van der Waals surface area contributed by atoms with Gasteiger partial charge in [-0.25, -0.2) is 13.1 Å². The summed E-state index contributed by atoms with van der Waals surface area (Å²) in [5.74, 6) is 0.742. The van der Waals surface area contributed by atoms with Crippen molar-refractivity contribution in [2.45, 2.75) is 11.4 Å². The largest absolute Gasteiger partial charge is 0.496 e. The number of hydrogen-bond donors (Lipinski definition) is 1. The van der Waals surface area contributed by atoms with Crippen LogP contribution in [0, 0.1) is 10.1 Å². The molecule has 0 radical (unpaired) electrons. The Kier molecular flexibility index (Phi) is 5.14. The third-order valence-electron chi connectivity index (χ3n) is 3.56. The van der Waals surface area contributed by atoms with Gasteiger partial charge in [0, 0.05) is 12.1 Å². The number of sulfonamides is 1. The Balaban J connectivity index is 1.76. The molecule has 3 rings (SSSR count). The topological polar surface area (TPSA) is 137 Å². The van der Waals surface area contributed by atoms with Gasteiger partial charge in [-0.15, -0.1) is 10.2 Å². The minimum Gasteiger partial charge on any atom is -0.496 e. The molecule has 0 fully saturated rings. The number of nitro groups is 1. The SMILES string of the molecule is COc1ccccc1-c1nnc(CNS(=O)(=O)c2cccc([N+](=O)[O-])c2)o1. The van der Waals surface area contributed by atoms with Crippen LogP contribution >= 0.6 is 0 Å². The van der Waals surface area contributed by atoms with E-state index < -0.39 is 14.9 Å². The van der Waals surface area contributed by atoms with Crippen molar-refractivity contribution >= 4 is 15.7 Å². The van der Waals surface area contributed by atoms with E-state index in [2.05, 4.69) is 14.9 Å². The van der Waals surface area contributed by atoms with E-state index in [0.29, 0.717) is 11.3 Å². The molecular weight excluding hydrogens is 376 g/mol. The van der Waals surface area contributed by atoms with Crippen LogP contribution in [0.25, 0.3) is 11.5 Å². The van der Waals surface area contributed by atoms with Gasteiger partial charge in [-0.05, 0) is 18.2 Å². The number of hydrogen-bond acceptors (Lipinski definition) is 8. The van der Waals surface area contributed by atoms with Crippen molar-refractivity contribution < 1.29 is 22.5 Å². The predicted octanol–water partition coefficient (Wildman–Crippen LogP) is 2.13. The second-order valence-corrected chi connectivity index (χ2v) is 7.05. The highest BCUT2D eigenvalue weighted by Gasteiger charge is 2.19. The molecule has 11 heteroatoms. The first kappa shape index (κ1) is 18.5. The average molecular weight is 390 g/mol. The number of nitro benzene ring substituents is 1. The zero-order chi connectivity index (χ0) is 19.4. The van der Waals surface area contributed by atoms with E-state index in [9.17, 15) is 18.5 Å². The van der Waals surface area contributed by atoms with E-state index in [1.807, 2.05) is 0 Å². The number of methoxy groups -OCH3 is 1. The van der Waals surface area contributed by atoms with Crippen LogP contribution in [0.15, 0.2) is 57.8 Å². The molecule has 2 aromatic carbocycles. The summed E-state index contributed by atoms with van der Waals surface area (Å²) in [6.07, 6.45) is 0. The lowest BCUT2D eigenvalue weighted by Gasteiger charge is -2.05. The molecule has 0 bridgehead atoms. The van der Waals surface area contributed by atoms with E-state index in [-0.39, 0.29) is 28.9 Å². The van der Waals surface area contributed by atoms with Gasteiger partial charge < -0.3 is 9.15 Å². The maximum Gasteiger partial charge on any atom is 0.270 e. The van der Waals surface area contributed by atoms with Crippen LogP contribution in [0.4, 0.5) is 5.69 Å². The van der Waals surface area contributed by atoms with E-state index in [1.54, 1.807) is 24.3 Å². The van der Waals surface area contributed by atoms with Crippen molar-refractivity contribution in [3.8, 4) is 17.2 Å². The third kappa shape index (κ3) is 4.10. The number of para-hydroxylation sites is 1. The van der Waals surface area contributed by atoms with Crippen molar-refractivity contribution in [3.05, 3.63) is 64.5 Å². The van der Waals surface area contributed by atoms with Crippen LogP contribution < -0.4 is 9.46 Å². The summed E-state index contributed by atoms with van der Waals surface area (Å²) >= 11 is 0. The van der Waals surface area contributed by atoms with Crippen LogP contribution in [-0.4, -0.2) is 30.6 Å². The highest BCUT2D eigenvalue weighted by Crippen LogP contribution is 2.28. The lowest BCUT2D eigenvalue weighted by molar-refractivity contribution is -0.385. The first-order chi connectivity index (χ1) is 12.9. The molecule has 0 amide bonds. The summed E-state index contributed by atoms with van der Waals surface area (Å²) in [7, 11) is -2.49. The molecule has 0 saturated carbocycles. The van der Waals surface area contributed by atoms with Gasteiger partial charge in [-0.2, -0.15) is 0 Å². The predicted molar refractivity (Wildman–Crippen MR) is 93.4 cm³/mol. The highest BCUT2D eigenvalue weighted by molar-refractivity contribution is 7.89. The van der Waals surface area contributed by atoms with Gasteiger partial charge in [-0.3, -0.25) is 10.1 Å². The Bertz CT molecular complexity index is 1080. The zero-order valence-corrected chi connectivity index (χ0v) is 14.8. The Morgan fingerprint density at radius 1 is 1.19 bits per heavy atom. The van der Waals surface area contributed by atoms with Crippen LogP contribution in [0.2, 0.25) is 0 Å². The summed E-state index contributed by atoms with van der Waals surface area (Å²) in [6.45, 7) is -0.271. The lowest BCUT2D eigenvalue weighted by Crippen LogP contribution is -2.23. The molecule has 0 unspecified atom stereocenters. The van der Waals surface area contributed by atoms with E-state index >= 15 is 0 Å². The minimum atomic E-state index is -3.99. The Labute approximate surface area is 154 Å². The molecule has 140 valence electrons. The van der Waals surface area contributed by atoms with Crippen LogP contribution in [0.5, 0.6) is 5.75 Å². The van der Waals surface area contributed by atoms with E-state index in [4.69, 9.17) is 9.15 Å². The summed E-state index contributed by atoms with van der Waals surface area (Å²) in [5, 5.41) is 18.5. The molecule has 0 spiro atoms. The fourth-order valence-corrected chi connectivity index (χ4v) is 3.27. The lowest BCUT2D eigenvalue weighted by atomic mass is 10.2. The second-order valence-electron chi connectivity index (χ2n) is 5.28. The Morgan fingerprint density at radius 2 is 1.96 bits per heavy atom. The summed E-state index contributed by atoms with van der Waals surface area (Å²) in [6, 6.07) is 11.7. The fraction of sp³-hybridized carbons (Fsp3) is 0.125. The third-order valence-corrected chi connectivity index (χ3v) is 4.96. The molecule has 3 aromatic rings. The van der Waals surface area contributed by atoms with Crippen molar-refractivity contribution in [3.63, 3.8) is 0 Å².